The van der Waals surface area contributed by atoms with E-state index in [1.807, 2.05) is 0 Å². The first-order chi connectivity index (χ1) is 10.2. The standard InChI is InChI=1S/C21H37B/c1-12-8-19(17-11-15(12)21(17,5)6)22(7)18-10-14-9-16(13(18)2)20(14,3)4/h12-19H,8-11H2,1-7H3/t12-,13+,14-,15+,16+,17-,18+,19+/m0/s1. The summed E-state index contributed by atoms with van der Waals surface area (Å²) in [5.74, 6) is 8.07. The van der Waals surface area contributed by atoms with Crippen LogP contribution in [0.2, 0.25) is 18.5 Å². The first-order valence-corrected chi connectivity index (χ1v) is 10.2. The molecule has 124 valence electrons. The molecule has 6 aliphatic carbocycles. The van der Waals surface area contributed by atoms with E-state index < -0.39 is 0 Å². The monoisotopic (exact) mass is 300 g/mol. The van der Waals surface area contributed by atoms with Crippen molar-refractivity contribution < 1.29 is 0 Å². The van der Waals surface area contributed by atoms with Gasteiger partial charge in [-0.3, -0.25) is 0 Å². The van der Waals surface area contributed by atoms with Crippen LogP contribution in [0.15, 0.2) is 0 Å². The van der Waals surface area contributed by atoms with E-state index in [4.69, 9.17) is 0 Å². The molecule has 0 aromatic rings. The summed E-state index contributed by atoms with van der Waals surface area (Å²) in [6, 6.07) is 0. The largest absolute Gasteiger partial charge is 0.143 e. The quantitative estimate of drug-likeness (QED) is 0.528. The summed E-state index contributed by atoms with van der Waals surface area (Å²) < 4.78 is 0. The molecule has 0 heterocycles. The third-order valence-corrected chi connectivity index (χ3v) is 10.0. The highest BCUT2D eigenvalue weighted by Crippen LogP contribution is 2.70. The predicted molar refractivity (Wildman–Crippen MR) is 97.4 cm³/mol. The molecule has 1 heteroatoms. The van der Waals surface area contributed by atoms with E-state index >= 15 is 0 Å². The second-order valence-electron chi connectivity index (χ2n) is 11.1. The van der Waals surface area contributed by atoms with Crippen LogP contribution in [0.1, 0.15) is 67.2 Å². The minimum atomic E-state index is 0.636. The van der Waals surface area contributed by atoms with Crippen molar-refractivity contribution >= 4 is 6.71 Å². The molecule has 6 saturated carbocycles. The topological polar surface area (TPSA) is 0 Å². The number of hydrogen-bond donors (Lipinski definition) is 0. The molecule has 6 rings (SSSR count). The highest BCUT2D eigenvalue weighted by atomic mass is 14.6. The van der Waals surface area contributed by atoms with Crippen molar-refractivity contribution in [1.82, 2.24) is 0 Å². The molecular weight excluding hydrogens is 263 g/mol. The van der Waals surface area contributed by atoms with Gasteiger partial charge in [0.25, 0.3) is 0 Å². The Morgan fingerprint density at radius 1 is 0.727 bits per heavy atom. The lowest BCUT2D eigenvalue weighted by Gasteiger charge is -2.67. The smallest absolute Gasteiger partial charge is 0.0856 e. The maximum Gasteiger partial charge on any atom is 0.143 e. The molecule has 0 saturated heterocycles. The minimum absolute atomic E-state index is 0.636. The molecule has 6 fully saturated rings. The zero-order chi connectivity index (χ0) is 16.0. The molecule has 0 spiro atoms. The molecule has 0 aromatic heterocycles. The lowest BCUT2D eigenvalue weighted by atomic mass is 9.21. The highest BCUT2D eigenvalue weighted by Gasteiger charge is 2.62. The second-order valence-corrected chi connectivity index (χ2v) is 11.1. The molecule has 6 aliphatic rings. The van der Waals surface area contributed by atoms with E-state index in [1.165, 1.54) is 19.3 Å². The van der Waals surface area contributed by atoms with Crippen molar-refractivity contribution in [2.24, 2.45) is 46.3 Å². The molecule has 0 aromatic carbocycles. The number of hydrogen-bond acceptors (Lipinski definition) is 0. The van der Waals surface area contributed by atoms with E-state index in [9.17, 15) is 0 Å². The van der Waals surface area contributed by atoms with Crippen LogP contribution in [0, 0.1) is 46.3 Å². The Morgan fingerprint density at radius 3 is 1.91 bits per heavy atom. The van der Waals surface area contributed by atoms with Crippen molar-refractivity contribution in [3.05, 3.63) is 0 Å². The van der Waals surface area contributed by atoms with Gasteiger partial charge in [0.05, 0.1) is 0 Å². The lowest BCUT2D eigenvalue weighted by molar-refractivity contribution is -0.108. The van der Waals surface area contributed by atoms with E-state index in [0.717, 1.165) is 53.9 Å². The van der Waals surface area contributed by atoms with E-state index in [2.05, 4.69) is 48.4 Å². The summed E-state index contributed by atoms with van der Waals surface area (Å²) in [5, 5.41) is 0. The Morgan fingerprint density at radius 2 is 1.41 bits per heavy atom. The number of rotatable bonds is 2. The molecule has 0 amide bonds. The summed E-state index contributed by atoms with van der Waals surface area (Å²) in [7, 11) is 0. The van der Waals surface area contributed by atoms with Gasteiger partial charge in [-0.25, -0.2) is 0 Å². The van der Waals surface area contributed by atoms with Crippen molar-refractivity contribution in [3.8, 4) is 0 Å². The fourth-order valence-electron chi connectivity index (χ4n) is 8.23. The normalized spacial score (nSPS) is 54.1. The Hall–Kier alpha value is 0.0649. The average Bonchev–Trinajstić information content (AvgIpc) is 2.44. The summed E-state index contributed by atoms with van der Waals surface area (Å²) in [6.07, 6.45) is 6.15. The van der Waals surface area contributed by atoms with Gasteiger partial charge in [-0.05, 0) is 59.2 Å². The van der Waals surface area contributed by atoms with Crippen LogP contribution in [0.5, 0.6) is 0 Å². The molecule has 0 N–H and O–H groups in total. The molecule has 0 aliphatic heterocycles. The molecule has 0 unspecified atom stereocenters. The Kier molecular flexibility index (Phi) is 3.24. The maximum absolute atomic E-state index is 2.64. The summed E-state index contributed by atoms with van der Waals surface area (Å²) in [6.45, 7) is 19.0. The van der Waals surface area contributed by atoms with Gasteiger partial charge in [0.2, 0.25) is 0 Å². The van der Waals surface area contributed by atoms with E-state index in [0.29, 0.717) is 10.8 Å². The van der Waals surface area contributed by atoms with Crippen molar-refractivity contribution in [3.63, 3.8) is 0 Å². The van der Waals surface area contributed by atoms with Crippen LogP contribution in [0.25, 0.3) is 0 Å². The van der Waals surface area contributed by atoms with Crippen molar-refractivity contribution in [1.29, 1.82) is 0 Å². The average molecular weight is 300 g/mol. The zero-order valence-electron chi connectivity index (χ0n) is 16.0. The van der Waals surface area contributed by atoms with Crippen LogP contribution < -0.4 is 0 Å². The van der Waals surface area contributed by atoms with E-state index in [1.54, 1.807) is 6.42 Å². The molecular formula is C21H37B. The predicted octanol–water partition coefficient (Wildman–Crippen LogP) is 6.26. The molecule has 22 heavy (non-hydrogen) atoms. The van der Waals surface area contributed by atoms with Gasteiger partial charge in [0, 0.05) is 0 Å². The van der Waals surface area contributed by atoms with Crippen molar-refractivity contribution in [2.45, 2.75) is 85.7 Å². The SMILES string of the molecule is CB([C@@H]1C[C@@H]2C[C@H]([C@H]1C)C2(C)C)[C@@H]1C[C@H](C)[C@H]2C[C@@H]1C2(C)C. The van der Waals surface area contributed by atoms with Gasteiger partial charge in [0.15, 0.2) is 0 Å². The highest BCUT2D eigenvalue weighted by molar-refractivity contribution is 6.61. The third kappa shape index (κ3) is 1.78. The molecule has 0 radical (unpaired) electrons. The van der Waals surface area contributed by atoms with Crippen LogP contribution in [0.4, 0.5) is 0 Å². The van der Waals surface area contributed by atoms with Crippen LogP contribution in [-0.2, 0) is 0 Å². The van der Waals surface area contributed by atoms with Gasteiger partial charge in [-0.1, -0.05) is 72.8 Å². The van der Waals surface area contributed by atoms with Gasteiger partial charge >= 0.3 is 0 Å². The molecule has 0 nitrogen and oxygen atoms in total. The van der Waals surface area contributed by atoms with Gasteiger partial charge in [-0.15, -0.1) is 0 Å². The third-order valence-electron chi connectivity index (χ3n) is 10.0. The first kappa shape index (κ1) is 15.6. The lowest BCUT2D eigenvalue weighted by Crippen LogP contribution is -2.60. The van der Waals surface area contributed by atoms with Crippen LogP contribution in [-0.4, -0.2) is 6.71 Å². The molecule has 8 atom stereocenters. The van der Waals surface area contributed by atoms with E-state index in [-0.39, 0.29) is 0 Å². The second kappa shape index (κ2) is 4.57. The molecule has 4 bridgehead atoms. The first-order valence-electron chi connectivity index (χ1n) is 10.2. The summed E-state index contributed by atoms with van der Waals surface area (Å²) in [4.78, 5) is 0. The minimum Gasteiger partial charge on any atom is -0.0856 e. The Bertz CT molecular complexity index is 465. The number of fused-ring (bicyclic) bond motifs is 4. The van der Waals surface area contributed by atoms with Gasteiger partial charge in [0.1, 0.15) is 6.71 Å². The fraction of sp³-hybridized carbons (Fsp3) is 1.00. The van der Waals surface area contributed by atoms with Gasteiger partial charge < -0.3 is 0 Å². The van der Waals surface area contributed by atoms with Crippen LogP contribution in [0.3, 0.4) is 0 Å². The zero-order valence-corrected chi connectivity index (χ0v) is 16.0. The summed E-state index contributed by atoms with van der Waals surface area (Å²) >= 11 is 0. The Balaban J connectivity index is 1.52. The maximum atomic E-state index is 2.64. The van der Waals surface area contributed by atoms with Crippen LogP contribution >= 0.6 is 0 Å². The van der Waals surface area contributed by atoms with Crippen molar-refractivity contribution in [2.75, 3.05) is 0 Å². The fourth-order valence-corrected chi connectivity index (χ4v) is 8.23. The van der Waals surface area contributed by atoms with Gasteiger partial charge in [-0.2, -0.15) is 0 Å². The summed E-state index contributed by atoms with van der Waals surface area (Å²) in [5.41, 5.74) is 1.28. The Labute approximate surface area is 139 Å².